The van der Waals surface area contributed by atoms with Crippen molar-refractivity contribution < 1.29 is 14.6 Å². The van der Waals surface area contributed by atoms with Crippen molar-refractivity contribution in [1.29, 1.82) is 0 Å². The number of carboxylic acid groups (broad SMARTS) is 1. The number of rotatable bonds is 2. The van der Waals surface area contributed by atoms with E-state index in [1.165, 1.54) is 0 Å². The van der Waals surface area contributed by atoms with E-state index in [4.69, 9.17) is 9.84 Å². The molecule has 4 nitrogen and oxygen atoms in total. The maximum atomic E-state index is 10.8. The van der Waals surface area contributed by atoms with Crippen LogP contribution in [0, 0.1) is 0 Å². The third-order valence-corrected chi connectivity index (χ3v) is 3.97. The first-order valence-corrected chi connectivity index (χ1v) is 5.98. The zero-order valence-electron chi connectivity index (χ0n) is 8.02. The van der Waals surface area contributed by atoms with E-state index in [0.29, 0.717) is 12.6 Å². The normalized spacial score (nSPS) is 34.6. The molecule has 2 rings (SSSR count). The summed E-state index contributed by atoms with van der Waals surface area (Å²) < 4.78 is 5.31. The highest BCUT2D eigenvalue weighted by molar-refractivity contribution is 8.00. The molecule has 14 heavy (non-hydrogen) atoms. The van der Waals surface area contributed by atoms with E-state index in [-0.39, 0.29) is 5.25 Å². The highest BCUT2D eigenvalue weighted by Crippen LogP contribution is 2.23. The molecule has 0 aromatic heterocycles. The van der Waals surface area contributed by atoms with Crippen LogP contribution >= 0.6 is 11.8 Å². The summed E-state index contributed by atoms with van der Waals surface area (Å²) in [5, 5.41) is 8.67. The topological polar surface area (TPSA) is 49.8 Å². The minimum atomic E-state index is -0.682. The van der Waals surface area contributed by atoms with Crippen LogP contribution < -0.4 is 0 Å². The van der Waals surface area contributed by atoms with Gasteiger partial charge in [-0.15, -0.1) is 11.8 Å². The van der Waals surface area contributed by atoms with Crippen LogP contribution in [0.15, 0.2) is 0 Å². The molecule has 0 aromatic rings. The van der Waals surface area contributed by atoms with Crippen molar-refractivity contribution in [3.63, 3.8) is 0 Å². The van der Waals surface area contributed by atoms with Crippen molar-refractivity contribution in [2.75, 3.05) is 32.1 Å². The summed E-state index contributed by atoms with van der Waals surface area (Å²) >= 11 is 1.55. The van der Waals surface area contributed by atoms with Crippen LogP contribution in [0.1, 0.15) is 6.42 Å². The van der Waals surface area contributed by atoms with Crippen molar-refractivity contribution in [2.45, 2.75) is 17.7 Å². The van der Waals surface area contributed by atoms with Crippen molar-refractivity contribution in [3.05, 3.63) is 0 Å². The fourth-order valence-corrected chi connectivity index (χ4v) is 3.02. The maximum absolute atomic E-state index is 10.8. The Kier molecular flexibility index (Phi) is 3.30. The molecule has 2 atom stereocenters. The summed E-state index contributed by atoms with van der Waals surface area (Å²) in [7, 11) is 0. The lowest BCUT2D eigenvalue weighted by Gasteiger charge is -2.34. The monoisotopic (exact) mass is 217 g/mol. The van der Waals surface area contributed by atoms with Crippen LogP contribution in [-0.4, -0.2) is 59.3 Å². The molecule has 0 aromatic carbocycles. The van der Waals surface area contributed by atoms with Crippen LogP contribution in [0.4, 0.5) is 0 Å². The predicted octanol–water partition coefficient (Wildman–Crippen LogP) is 0.277. The molecule has 0 amide bonds. The van der Waals surface area contributed by atoms with Gasteiger partial charge < -0.3 is 9.84 Å². The number of nitrogens with zero attached hydrogens (tertiary/aromatic N) is 1. The van der Waals surface area contributed by atoms with Gasteiger partial charge in [-0.25, -0.2) is 0 Å². The van der Waals surface area contributed by atoms with Gasteiger partial charge in [0.2, 0.25) is 0 Å². The number of carboxylic acids is 1. The van der Waals surface area contributed by atoms with E-state index in [1.807, 2.05) is 0 Å². The Morgan fingerprint density at radius 2 is 2.43 bits per heavy atom. The number of ether oxygens (including phenoxy) is 1. The zero-order chi connectivity index (χ0) is 9.97. The van der Waals surface area contributed by atoms with Gasteiger partial charge in [0.25, 0.3) is 0 Å². The van der Waals surface area contributed by atoms with Crippen molar-refractivity contribution >= 4 is 17.7 Å². The van der Waals surface area contributed by atoms with Crippen LogP contribution in [-0.2, 0) is 9.53 Å². The summed E-state index contributed by atoms with van der Waals surface area (Å²) in [5.41, 5.74) is 0. The molecule has 5 heteroatoms. The van der Waals surface area contributed by atoms with Gasteiger partial charge in [-0.2, -0.15) is 0 Å². The first kappa shape index (κ1) is 10.3. The number of carbonyl (C=O) groups is 1. The summed E-state index contributed by atoms with van der Waals surface area (Å²) in [6.07, 6.45) is 1.05. The van der Waals surface area contributed by atoms with Crippen LogP contribution in [0.3, 0.4) is 0 Å². The van der Waals surface area contributed by atoms with Gasteiger partial charge in [0.15, 0.2) is 0 Å². The van der Waals surface area contributed by atoms with E-state index >= 15 is 0 Å². The van der Waals surface area contributed by atoms with Crippen molar-refractivity contribution in [2.24, 2.45) is 0 Å². The molecular weight excluding hydrogens is 202 g/mol. The Hall–Kier alpha value is -0.260. The molecular formula is C9H15NO3S. The van der Waals surface area contributed by atoms with Gasteiger partial charge in [0.1, 0.15) is 5.25 Å². The molecule has 2 aliphatic heterocycles. The van der Waals surface area contributed by atoms with E-state index in [0.717, 1.165) is 31.9 Å². The zero-order valence-corrected chi connectivity index (χ0v) is 8.83. The number of thioether (sulfide) groups is 1. The van der Waals surface area contributed by atoms with Crippen LogP contribution in [0.5, 0.6) is 0 Å². The van der Waals surface area contributed by atoms with Crippen LogP contribution in [0.2, 0.25) is 0 Å². The molecule has 2 heterocycles. The molecule has 0 radical (unpaired) electrons. The molecule has 0 spiro atoms. The van der Waals surface area contributed by atoms with E-state index in [9.17, 15) is 4.79 Å². The first-order chi connectivity index (χ1) is 6.77. The highest BCUT2D eigenvalue weighted by atomic mass is 32.2. The lowest BCUT2D eigenvalue weighted by Crippen LogP contribution is -2.46. The Balaban J connectivity index is 1.89. The molecule has 1 N–H and O–H groups in total. The first-order valence-electron chi connectivity index (χ1n) is 4.93. The Labute approximate surface area is 87.6 Å². The van der Waals surface area contributed by atoms with Gasteiger partial charge in [-0.1, -0.05) is 0 Å². The lowest BCUT2D eigenvalue weighted by molar-refractivity contribution is -0.136. The summed E-state index contributed by atoms with van der Waals surface area (Å²) in [6.45, 7) is 3.28. The predicted molar refractivity (Wildman–Crippen MR) is 54.7 cm³/mol. The molecule has 80 valence electrons. The second-order valence-electron chi connectivity index (χ2n) is 3.71. The second kappa shape index (κ2) is 4.51. The SMILES string of the molecule is O=C(O)C1CN(C2CCOC2)CCS1. The van der Waals surface area contributed by atoms with Crippen LogP contribution in [0.25, 0.3) is 0 Å². The van der Waals surface area contributed by atoms with E-state index < -0.39 is 5.97 Å². The molecule has 2 unspecified atom stereocenters. The summed E-state index contributed by atoms with van der Waals surface area (Å²) in [4.78, 5) is 13.1. The van der Waals surface area contributed by atoms with Gasteiger partial charge in [0, 0.05) is 31.5 Å². The molecule has 2 fully saturated rings. The minimum absolute atomic E-state index is 0.246. The quantitative estimate of drug-likeness (QED) is 0.720. The molecule has 0 saturated carbocycles. The largest absolute Gasteiger partial charge is 0.480 e. The number of hydrogen-bond donors (Lipinski definition) is 1. The summed E-state index contributed by atoms with van der Waals surface area (Å²) in [5.74, 6) is 0.242. The fraction of sp³-hybridized carbons (Fsp3) is 0.889. The minimum Gasteiger partial charge on any atom is -0.480 e. The average molecular weight is 217 g/mol. The van der Waals surface area contributed by atoms with Crippen molar-refractivity contribution in [3.8, 4) is 0 Å². The van der Waals surface area contributed by atoms with Crippen molar-refractivity contribution in [1.82, 2.24) is 4.90 Å². The second-order valence-corrected chi connectivity index (χ2v) is 5.02. The third-order valence-electron chi connectivity index (χ3n) is 2.80. The Morgan fingerprint density at radius 3 is 3.07 bits per heavy atom. The van der Waals surface area contributed by atoms with Gasteiger partial charge in [-0.05, 0) is 6.42 Å². The third kappa shape index (κ3) is 2.21. The summed E-state index contributed by atoms with van der Waals surface area (Å²) in [6, 6.07) is 0.456. The highest BCUT2D eigenvalue weighted by Gasteiger charge is 2.31. The van der Waals surface area contributed by atoms with Gasteiger partial charge in [-0.3, -0.25) is 9.69 Å². The molecule has 0 bridgehead atoms. The smallest absolute Gasteiger partial charge is 0.317 e. The molecule has 2 aliphatic rings. The molecule has 0 aliphatic carbocycles. The fourth-order valence-electron chi connectivity index (χ4n) is 1.96. The Bertz CT molecular complexity index is 218. The maximum Gasteiger partial charge on any atom is 0.317 e. The number of hydrogen-bond acceptors (Lipinski definition) is 4. The van der Waals surface area contributed by atoms with E-state index in [1.54, 1.807) is 11.8 Å². The standard InChI is InChI=1S/C9H15NO3S/c11-9(12)8-5-10(2-4-14-8)7-1-3-13-6-7/h7-8H,1-6H2,(H,11,12). The van der Waals surface area contributed by atoms with Gasteiger partial charge >= 0.3 is 5.97 Å². The average Bonchev–Trinajstić information content (AvgIpc) is 2.71. The Morgan fingerprint density at radius 1 is 1.57 bits per heavy atom. The van der Waals surface area contributed by atoms with Gasteiger partial charge in [0.05, 0.1) is 6.61 Å². The lowest BCUT2D eigenvalue weighted by atomic mass is 10.2. The molecule has 2 saturated heterocycles. The van der Waals surface area contributed by atoms with E-state index in [2.05, 4.69) is 4.90 Å². The number of aliphatic carboxylic acids is 1.